The van der Waals surface area contributed by atoms with Crippen LogP contribution in [0, 0.1) is 0 Å². The summed E-state index contributed by atoms with van der Waals surface area (Å²) < 4.78 is 1.90. The van der Waals surface area contributed by atoms with Gasteiger partial charge < -0.3 is 9.88 Å². The van der Waals surface area contributed by atoms with Crippen LogP contribution < -0.4 is 5.32 Å². The van der Waals surface area contributed by atoms with Gasteiger partial charge in [0.1, 0.15) is 5.69 Å². The molecule has 0 spiro atoms. The molecule has 19 heavy (non-hydrogen) atoms. The Morgan fingerprint density at radius 2 is 2.32 bits per heavy atom. The number of carbonyl (C=O) groups excluding carboxylic acids is 2. The molecule has 1 aliphatic heterocycles. The summed E-state index contributed by atoms with van der Waals surface area (Å²) in [6.07, 6.45) is 2.35. The number of fused-ring (bicyclic) bond motifs is 1. The molecular formula is C14H14N2O2S. The van der Waals surface area contributed by atoms with Crippen molar-refractivity contribution in [2.24, 2.45) is 0 Å². The minimum Gasteiger partial charge on any atom is -0.341 e. The van der Waals surface area contributed by atoms with Gasteiger partial charge in [-0.1, -0.05) is 24.3 Å². The highest BCUT2D eigenvalue weighted by Gasteiger charge is 2.20. The molecule has 1 atom stereocenters. The van der Waals surface area contributed by atoms with Crippen LogP contribution in [0.15, 0.2) is 30.5 Å². The predicted octanol–water partition coefficient (Wildman–Crippen LogP) is 1.69. The molecule has 1 saturated heterocycles. The summed E-state index contributed by atoms with van der Waals surface area (Å²) in [6, 6.07) is 7.67. The smallest absolute Gasteiger partial charge is 0.242 e. The van der Waals surface area contributed by atoms with E-state index in [4.69, 9.17) is 0 Å². The average molecular weight is 274 g/mol. The van der Waals surface area contributed by atoms with Crippen molar-refractivity contribution in [1.29, 1.82) is 0 Å². The molecule has 0 saturated carbocycles. The molecule has 0 bridgehead atoms. The highest BCUT2D eigenvalue weighted by atomic mass is 32.2. The van der Waals surface area contributed by atoms with E-state index in [0.29, 0.717) is 23.9 Å². The Morgan fingerprint density at radius 1 is 1.47 bits per heavy atom. The number of benzene rings is 1. The lowest BCUT2D eigenvalue weighted by Gasteiger charge is -2.12. The zero-order valence-electron chi connectivity index (χ0n) is 10.3. The molecule has 0 radical (unpaired) electrons. The third-order valence-corrected chi connectivity index (χ3v) is 4.45. The van der Waals surface area contributed by atoms with E-state index in [1.165, 1.54) is 0 Å². The van der Waals surface area contributed by atoms with Gasteiger partial charge in [0, 0.05) is 35.8 Å². The fourth-order valence-electron chi connectivity index (χ4n) is 2.46. The van der Waals surface area contributed by atoms with Crippen molar-refractivity contribution in [3.63, 3.8) is 0 Å². The Bertz CT molecular complexity index is 629. The first kappa shape index (κ1) is 12.4. The van der Waals surface area contributed by atoms with Crippen molar-refractivity contribution in [3.8, 4) is 0 Å². The second-order valence-corrected chi connectivity index (χ2v) is 5.82. The van der Waals surface area contributed by atoms with E-state index in [0.717, 1.165) is 23.1 Å². The second-order valence-electron chi connectivity index (χ2n) is 4.51. The molecule has 0 aliphatic carbocycles. The van der Waals surface area contributed by atoms with Gasteiger partial charge in [0.15, 0.2) is 6.29 Å². The molecule has 1 fully saturated rings. The number of hydrogen-bond acceptors (Lipinski definition) is 4. The number of nitrogens with one attached hydrogen (secondary N) is 1. The predicted molar refractivity (Wildman–Crippen MR) is 76.6 cm³/mol. The molecular weight excluding hydrogens is 260 g/mol. The number of ketones is 1. The van der Waals surface area contributed by atoms with Gasteiger partial charge in [-0.15, -0.1) is 11.8 Å². The normalized spacial score (nSPS) is 18.8. The number of aromatic nitrogens is 1. The van der Waals surface area contributed by atoms with Crippen molar-refractivity contribution < 1.29 is 9.59 Å². The average Bonchev–Trinajstić information content (AvgIpc) is 3.05. The minimum absolute atomic E-state index is 0.306. The highest BCUT2D eigenvalue weighted by Crippen LogP contribution is 2.24. The number of aldehydes is 1. The first-order chi connectivity index (χ1) is 9.29. The zero-order chi connectivity index (χ0) is 13.2. The number of hydrogen-bond donors (Lipinski definition) is 1. The molecule has 2 aromatic rings. The standard InChI is InChI=1S/C14H14N2O2S/c17-9-12(18)14-11-4-2-1-3-10(11)7-16(14)8-13-15-5-6-19-13/h1-4,7,9,13,15H,5-6,8H2. The second kappa shape index (κ2) is 5.19. The molecule has 0 amide bonds. The summed E-state index contributed by atoms with van der Waals surface area (Å²) in [4.78, 5) is 22.7. The van der Waals surface area contributed by atoms with Crippen LogP contribution in [-0.2, 0) is 11.3 Å². The Labute approximate surface area is 115 Å². The van der Waals surface area contributed by atoms with E-state index in [1.807, 2.05) is 46.8 Å². The van der Waals surface area contributed by atoms with Gasteiger partial charge in [-0.3, -0.25) is 9.59 Å². The molecule has 2 heterocycles. The van der Waals surface area contributed by atoms with Crippen LogP contribution in [0.25, 0.3) is 10.8 Å². The molecule has 1 unspecified atom stereocenters. The summed E-state index contributed by atoms with van der Waals surface area (Å²) >= 11 is 1.84. The topological polar surface area (TPSA) is 51.1 Å². The van der Waals surface area contributed by atoms with E-state index in [-0.39, 0.29) is 0 Å². The first-order valence-corrected chi connectivity index (χ1v) is 7.27. The number of rotatable bonds is 4. The fourth-order valence-corrected chi connectivity index (χ4v) is 3.48. The number of carbonyl (C=O) groups is 2. The molecule has 1 N–H and O–H groups in total. The SMILES string of the molecule is O=CC(=O)c1c2ccccc2cn1CC1NCCS1. The third kappa shape index (κ3) is 2.31. The van der Waals surface area contributed by atoms with Gasteiger partial charge in [-0.2, -0.15) is 0 Å². The fraction of sp³-hybridized carbons (Fsp3) is 0.286. The van der Waals surface area contributed by atoms with Crippen molar-refractivity contribution in [3.05, 3.63) is 36.2 Å². The maximum absolute atomic E-state index is 11.9. The van der Waals surface area contributed by atoms with Gasteiger partial charge in [0.2, 0.25) is 5.78 Å². The highest BCUT2D eigenvalue weighted by molar-refractivity contribution is 8.00. The van der Waals surface area contributed by atoms with Crippen molar-refractivity contribution >= 4 is 34.6 Å². The third-order valence-electron chi connectivity index (χ3n) is 3.29. The monoisotopic (exact) mass is 274 g/mol. The van der Waals surface area contributed by atoms with Crippen molar-refractivity contribution in [2.45, 2.75) is 11.9 Å². The van der Waals surface area contributed by atoms with Crippen LogP contribution in [0.1, 0.15) is 10.5 Å². The van der Waals surface area contributed by atoms with E-state index >= 15 is 0 Å². The Kier molecular flexibility index (Phi) is 3.40. The van der Waals surface area contributed by atoms with E-state index < -0.39 is 5.78 Å². The minimum atomic E-state index is -0.454. The quantitative estimate of drug-likeness (QED) is 0.523. The molecule has 5 heteroatoms. The lowest BCUT2D eigenvalue weighted by molar-refractivity contribution is -0.104. The van der Waals surface area contributed by atoms with E-state index in [1.54, 1.807) is 0 Å². The first-order valence-electron chi connectivity index (χ1n) is 6.22. The summed E-state index contributed by atoms with van der Waals surface area (Å²) in [6.45, 7) is 1.70. The van der Waals surface area contributed by atoms with Crippen LogP contribution in [0.5, 0.6) is 0 Å². The Balaban J connectivity index is 2.05. The van der Waals surface area contributed by atoms with Gasteiger partial charge in [0.25, 0.3) is 0 Å². The van der Waals surface area contributed by atoms with Crippen LogP contribution in [0.4, 0.5) is 0 Å². The van der Waals surface area contributed by atoms with E-state index in [2.05, 4.69) is 5.32 Å². The molecule has 1 aromatic heterocycles. The maximum Gasteiger partial charge on any atom is 0.242 e. The van der Waals surface area contributed by atoms with Crippen LogP contribution in [0.3, 0.4) is 0 Å². The lowest BCUT2D eigenvalue weighted by atomic mass is 10.1. The van der Waals surface area contributed by atoms with Gasteiger partial charge in [0.05, 0.1) is 5.37 Å². The summed E-state index contributed by atoms with van der Waals surface area (Å²) in [5, 5.41) is 5.53. The van der Waals surface area contributed by atoms with Gasteiger partial charge in [-0.05, 0) is 0 Å². The lowest BCUT2D eigenvalue weighted by Crippen LogP contribution is -2.26. The molecule has 98 valence electrons. The molecule has 3 rings (SSSR count). The molecule has 1 aromatic carbocycles. The Hall–Kier alpha value is -1.59. The van der Waals surface area contributed by atoms with Gasteiger partial charge >= 0.3 is 0 Å². The zero-order valence-corrected chi connectivity index (χ0v) is 11.2. The summed E-state index contributed by atoms with van der Waals surface area (Å²) in [5.41, 5.74) is 0.500. The van der Waals surface area contributed by atoms with Crippen LogP contribution in [-0.4, -0.2) is 34.3 Å². The maximum atomic E-state index is 11.9. The number of thioether (sulfide) groups is 1. The summed E-state index contributed by atoms with van der Waals surface area (Å²) in [7, 11) is 0. The van der Waals surface area contributed by atoms with Crippen molar-refractivity contribution in [2.75, 3.05) is 12.3 Å². The van der Waals surface area contributed by atoms with Crippen LogP contribution in [0.2, 0.25) is 0 Å². The summed E-state index contributed by atoms with van der Waals surface area (Å²) in [5.74, 6) is 0.631. The number of nitrogens with zero attached hydrogens (tertiary/aromatic N) is 1. The van der Waals surface area contributed by atoms with Crippen LogP contribution >= 0.6 is 11.8 Å². The van der Waals surface area contributed by atoms with Gasteiger partial charge in [-0.25, -0.2) is 0 Å². The largest absolute Gasteiger partial charge is 0.341 e. The van der Waals surface area contributed by atoms with Crippen molar-refractivity contribution in [1.82, 2.24) is 9.88 Å². The number of Topliss-reactive ketones (excluding diaryl/α,β-unsaturated/α-hetero) is 1. The Morgan fingerprint density at radius 3 is 3.05 bits per heavy atom. The van der Waals surface area contributed by atoms with E-state index in [9.17, 15) is 9.59 Å². The molecule has 1 aliphatic rings. The molecule has 4 nitrogen and oxygen atoms in total.